The fraction of sp³-hybridized carbons (Fsp3) is 0.353. The number of nitrogens with zero attached hydrogens (tertiary/aromatic N) is 2. The monoisotopic (exact) mass is 329 g/mol. The normalized spacial score (nSPS) is 14.2. The fourth-order valence-corrected chi connectivity index (χ4v) is 2.60. The maximum Gasteiger partial charge on any atom is 0.414 e. The molecule has 1 N–H and O–H groups in total. The van der Waals surface area contributed by atoms with Gasteiger partial charge in [-0.15, -0.1) is 0 Å². The molecule has 0 atom stereocenters. The molecule has 7 nitrogen and oxygen atoms in total. The van der Waals surface area contributed by atoms with Crippen LogP contribution in [0.25, 0.3) is 0 Å². The molecule has 2 amide bonds. The lowest BCUT2D eigenvalue weighted by molar-refractivity contribution is 0.102. The van der Waals surface area contributed by atoms with Crippen LogP contribution in [0.5, 0.6) is 0 Å². The number of benzene rings is 1. The summed E-state index contributed by atoms with van der Waals surface area (Å²) in [7, 11) is 0. The summed E-state index contributed by atoms with van der Waals surface area (Å²) >= 11 is 0. The summed E-state index contributed by atoms with van der Waals surface area (Å²) in [4.78, 5) is 25.6. The van der Waals surface area contributed by atoms with Gasteiger partial charge in [0.1, 0.15) is 12.2 Å². The molecule has 7 heteroatoms. The predicted molar refractivity (Wildman–Crippen MR) is 88.4 cm³/mol. The lowest BCUT2D eigenvalue weighted by atomic mass is 10.0. The van der Waals surface area contributed by atoms with E-state index in [9.17, 15) is 9.59 Å². The van der Waals surface area contributed by atoms with Crippen molar-refractivity contribution >= 4 is 23.4 Å². The molecule has 1 aromatic carbocycles. The van der Waals surface area contributed by atoms with Crippen LogP contribution in [-0.2, 0) is 4.74 Å². The Balaban J connectivity index is 1.76. The van der Waals surface area contributed by atoms with Crippen LogP contribution in [0.15, 0.2) is 28.8 Å². The number of aryl methyl sites for hydroxylation is 1. The Morgan fingerprint density at radius 3 is 2.58 bits per heavy atom. The third kappa shape index (κ3) is 2.97. The minimum absolute atomic E-state index is 0.0653. The van der Waals surface area contributed by atoms with Crippen LogP contribution in [0.3, 0.4) is 0 Å². The van der Waals surface area contributed by atoms with E-state index in [1.165, 1.54) is 0 Å². The molecule has 1 fully saturated rings. The highest BCUT2D eigenvalue weighted by molar-refractivity contribution is 6.06. The van der Waals surface area contributed by atoms with Gasteiger partial charge in [0.05, 0.1) is 12.2 Å². The highest BCUT2D eigenvalue weighted by Crippen LogP contribution is 2.25. The summed E-state index contributed by atoms with van der Waals surface area (Å²) < 4.78 is 10.2. The van der Waals surface area contributed by atoms with Gasteiger partial charge in [-0.05, 0) is 31.2 Å². The van der Waals surface area contributed by atoms with E-state index in [0.29, 0.717) is 35.9 Å². The summed E-state index contributed by atoms with van der Waals surface area (Å²) in [6.07, 6.45) is -0.353. The molecule has 1 saturated heterocycles. The van der Waals surface area contributed by atoms with Gasteiger partial charge >= 0.3 is 6.09 Å². The van der Waals surface area contributed by atoms with Gasteiger partial charge in [-0.2, -0.15) is 0 Å². The molecule has 0 spiro atoms. The van der Waals surface area contributed by atoms with Gasteiger partial charge in [0.15, 0.2) is 5.76 Å². The van der Waals surface area contributed by atoms with Crippen LogP contribution in [0.1, 0.15) is 41.6 Å². The van der Waals surface area contributed by atoms with E-state index in [0.717, 1.165) is 5.69 Å². The molecule has 0 radical (unpaired) electrons. The predicted octanol–water partition coefficient (Wildman–Crippen LogP) is 3.32. The van der Waals surface area contributed by atoms with Gasteiger partial charge in [0, 0.05) is 17.3 Å². The van der Waals surface area contributed by atoms with E-state index < -0.39 is 0 Å². The lowest BCUT2D eigenvalue weighted by Crippen LogP contribution is -2.23. The van der Waals surface area contributed by atoms with Crippen molar-refractivity contribution in [3.05, 3.63) is 41.3 Å². The van der Waals surface area contributed by atoms with Crippen molar-refractivity contribution in [3.63, 3.8) is 0 Å². The first-order chi connectivity index (χ1) is 11.5. The quantitative estimate of drug-likeness (QED) is 0.930. The third-order valence-electron chi connectivity index (χ3n) is 3.84. The minimum atomic E-state index is -0.353. The first-order valence-electron chi connectivity index (χ1n) is 7.79. The van der Waals surface area contributed by atoms with Crippen LogP contribution in [-0.4, -0.2) is 30.3 Å². The lowest BCUT2D eigenvalue weighted by Gasteiger charge is -2.13. The number of hydrogen-bond acceptors (Lipinski definition) is 5. The number of aromatic nitrogens is 1. The molecule has 1 aliphatic rings. The summed E-state index contributed by atoms with van der Waals surface area (Å²) in [5.41, 5.74) is 2.40. The van der Waals surface area contributed by atoms with Crippen molar-refractivity contribution in [2.75, 3.05) is 23.4 Å². The SMILES string of the molecule is Cc1noc(C(C)C)c1C(=O)Nc1ccc(N2CCOC2=O)cc1. The van der Waals surface area contributed by atoms with Crippen LogP contribution in [0, 0.1) is 6.92 Å². The van der Waals surface area contributed by atoms with E-state index in [1.807, 2.05) is 13.8 Å². The average molecular weight is 329 g/mol. The molecule has 1 aliphatic heterocycles. The molecule has 24 heavy (non-hydrogen) atoms. The van der Waals surface area contributed by atoms with Crippen molar-refractivity contribution in [2.45, 2.75) is 26.7 Å². The number of anilines is 2. The first kappa shape index (κ1) is 16.0. The van der Waals surface area contributed by atoms with E-state index >= 15 is 0 Å². The zero-order valence-corrected chi connectivity index (χ0v) is 13.8. The van der Waals surface area contributed by atoms with E-state index in [1.54, 1.807) is 36.1 Å². The van der Waals surface area contributed by atoms with Crippen LogP contribution in [0.4, 0.5) is 16.2 Å². The fourth-order valence-electron chi connectivity index (χ4n) is 2.60. The second kappa shape index (κ2) is 6.35. The summed E-state index contributed by atoms with van der Waals surface area (Å²) in [5.74, 6) is 0.378. The van der Waals surface area contributed by atoms with Gasteiger partial charge in [0.25, 0.3) is 5.91 Å². The minimum Gasteiger partial charge on any atom is -0.447 e. The highest BCUT2D eigenvalue weighted by atomic mass is 16.6. The number of rotatable bonds is 4. The first-order valence-corrected chi connectivity index (χ1v) is 7.79. The molecule has 0 saturated carbocycles. The Bertz CT molecular complexity index is 765. The zero-order valence-electron chi connectivity index (χ0n) is 13.8. The molecular formula is C17H19N3O4. The third-order valence-corrected chi connectivity index (χ3v) is 3.84. The average Bonchev–Trinajstić information content (AvgIpc) is 3.14. The second-order valence-electron chi connectivity index (χ2n) is 5.93. The number of carbonyl (C=O) groups is 2. The molecule has 1 aromatic heterocycles. The Hall–Kier alpha value is -2.83. The maximum atomic E-state index is 12.5. The standard InChI is InChI=1S/C17H19N3O4/c1-10(2)15-14(11(3)19-24-15)16(21)18-12-4-6-13(7-5-12)20-8-9-23-17(20)22/h4-7,10H,8-9H2,1-3H3,(H,18,21). The number of hydrogen-bond donors (Lipinski definition) is 1. The van der Waals surface area contributed by atoms with Gasteiger partial charge < -0.3 is 14.6 Å². The molecule has 3 rings (SSSR count). The molecular weight excluding hydrogens is 310 g/mol. The molecule has 0 bridgehead atoms. The van der Waals surface area contributed by atoms with Crippen molar-refractivity contribution in [1.82, 2.24) is 5.16 Å². The van der Waals surface area contributed by atoms with E-state index in [4.69, 9.17) is 9.26 Å². The maximum absolute atomic E-state index is 12.5. The highest BCUT2D eigenvalue weighted by Gasteiger charge is 2.24. The topological polar surface area (TPSA) is 84.7 Å². The van der Waals surface area contributed by atoms with Crippen molar-refractivity contribution in [3.8, 4) is 0 Å². The molecule has 0 unspecified atom stereocenters. The number of carbonyl (C=O) groups excluding carboxylic acids is 2. The Labute approximate surface area is 139 Å². The largest absolute Gasteiger partial charge is 0.447 e. The summed E-state index contributed by atoms with van der Waals surface area (Å²) in [6, 6.07) is 7.03. The van der Waals surface area contributed by atoms with Crippen molar-refractivity contribution < 1.29 is 18.8 Å². The van der Waals surface area contributed by atoms with Crippen LogP contribution < -0.4 is 10.2 Å². The molecule has 2 heterocycles. The van der Waals surface area contributed by atoms with Crippen LogP contribution >= 0.6 is 0 Å². The molecule has 0 aliphatic carbocycles. The van der Waals surface area contributed by atoms with Gasteiger partial charge in [-0.3, -0.25) is 9.69 Å². The second-order valence-corrected chi connectivity index (χ2v) is 5.93. The zero-order chi connectivity index (χ0) is 17.3. The Kier molecular flexibility index (Phi) is 4.24. The van der Waals surface area contributed by atoms with E-state index in [2.05, 4.69) is 10.5 Å². The molecule has 126 valence electrons. The number of amides is 2. The van der Waals surface area contributed by atoms with Gasteiger partial charge in [-0.25, -0.2) is 4.79 Å². The van der Waals surface area contributed by atoms with Crippen LogP contribution in [0.2, 0.25) is 0 Å². The van der Waals surface area contributed by atoms with Crippen molar-refractivity contribution in [1.29, 1.82) is 0 Å². The van der Waals surface area contributed by atoms with Gasteiger partial charge in [-0.1, -0.05) is 19.0 Å². The van der Waals surface area contributed by atoms with Gasteiger partial charge in [0.2, 0.25) is 0 Å². The van der Waals surface area contributed by atoms with Crippen molar-refractivity contribution in [2.24, 2.45) is 0 Å². The van der Waals surface area contributed by atoms with E-state index in [-0.39, 0.29) is 17.9 Å². The summed E-state index contributed by atoms with van der Waals surface area (Å²) in [5, 5.41) is 6.72. The number of nitrogens with one attached hydrogen (secondary N) is 1. The Morgan fingerprint density at radius 1 is 1.29 bits per heavy atom. The molecule has 2 aromatic rings. The number of ether oxygens (including phenoxy) is 1. The Morgan fingerprint density at radius 2 is 2.00 bits per heavy atom. The smallest absolute Gasteiger partial charge is 0.414 e. The number of cyclic esters (lactones) is 1. The summed E-state index contributed by atoms with van der Waals surface area (Å²) in [6.45, 7) is 6.55.